The molecular formula is C13H14N4O3. The first-order chi connectivity index (χ1) is 9.65. The van der Waals surface area contributed by atoms with Crippen LogP contribution in [-0.2, 0) is 13.7 Å². The molecule has 104 valence electrons. The van der Waals surface area contributed by atoms with Gasteiger partial charge < -0.3 is 13.7 Å². The van der Waals surface area contributed by atoms with Crippen LogP contribution in [0.4, 0.5) is 0 Å². The van der Waals surface area contributed by atoms with Crippen molar-refractivity contribution in [2.45, 2.75) is 20.5 Å². The van der Waals surface area contributed by atoms with Crippen LogP contribution in [0.15, 0.2) is 27.5 Å². The number of aromatic nitrogens is 4. The van der Waals surface area contributed by atoms with Gasteiger partial charge in [-0.05, 0) is 19.9 Å². The van der Waals surface area contributed by atoms with E-state index < -0.39 is 0 Å². The largest absolute Gasteiger partial charge is 0.480 e. The summed E-state index contributed by atoms with van der Waals surface area (Å²) in [4.78, 5) is 4.24. The third kappa shape index (κ3) is 2.18. The Labute approximate surface area is 115 Å². The van der Waals surface area contributed by atoms with Gasteiger partial charge in [0.05, 0.1) is 17.5 Å². The van der Waals surface area contributed by atoms with Crippen LogP contribution in [0.1, 0.15) is 17.3 Å². The molecule has 0 spiro atoms. The maximum atomic E-state index is 5.70. The van der Waals surface area contributed by atoms with Crippen LogP contribution in [0.25, 0.3) is 11.4 Å². The van der Waals surface area contributed by atoms with E-state index in [9.17, 15) is 0 Å². The predicted octanol–water partition coefficient (Wildman–Crippen LogP) is 2.26. The quantitative estimate of drug-likeness (QED) is 0.726. The molecule has 20 heavy (non-hydrogen) atoms. The standard InChI is InChI=1S/C13H14N4O3/c1-8-12(9(2)17(3)15-8)19-7-11-14-13(16-20-11)10-4-5-18-6-10/h4-6H,7H2,1-3H3. The van der Waals surface area contributed by atoms with Crippen LogP contribution in [0, 0.1) is 13.8 Å². The van der Waals surface area contributed by atoms with Crippen molar-refractivity contribution in [3.05, 3.63) is 35.9 Å². The van der Waals surface area contributed by atoms with Gasteiger partial charge in [-0.15, -0.1) is 0 Å². The van der Waals surface area contributed by atoms with Crippen molar-refractivity contribution < 1.29 is 13.7 Å². The van der Waals surface area contributed by atoms with Crippen molar-refractivity contribution in [1.82, 2.24) is 19.9 Å². The third-order valence-corrected chi connectivity index (χ3v) is 3.03. The van der Waals surface area contributed by atoms with Gasteiger partial charge in [0.15, 0.2) is 12.4 Å². The van der Waals surface area contributed by atoms with E-state index in [1.807, 2.05) is 20.9 Å². The van der Waals surface area contributed by atoms with Crippen molar-refractivity contribution >= 4 is 0 Å². The molecule has 0 saturated carbocycles. The molecule has 0 aliphatic heterocycles. The molecule has 7 heteroatoms. The van der Waals surface area contributed by atoms with E-state index in [-0.39, 0.29) is 6.61 Å². The summed E-state index contributed by atoms with van der Waals surface area (Å²) in [6, 6.07) is 1.77. The van der Waals surface area contributed by atoms with E-state index in [0.29, 0.717) is 11.7 Å². The molecule has 0 unspecified atom stereocenters. The zero-order valence-electron chi connectivity index (χ0n) is 11.5. The van der Waals surface area contributed by atoms with Crippen LogP contribution in [0.3, 0.4) is 0 Å². The van der Waals surface area contributed by atoms with Crippen LogP contribution < -0.4 is 4.74 Å². The predicted molar refractivity (Wildman–Crippen MR) is 69.0 cm³/mol. The van der Waals surface area contributed by atoms with E-state index >= 15 is 0 Å². The Bertz CT molecular complexity index is 712. The maximum Gasteiger partial charge on any atom is 0.264 e. The lowest BCUT2D eigenvalue weighted by Gasteiger charge is -2.02. The minimum atomic E-state index is 0.207. The summed E-state index contributed by atoms with van der Waals surface area (Å²) in [5.41, 5.74) is 2.56. The molecule has 3 aromatic rings. The fourth-order valence-electron chi connectivity index (χ4n) is 1.92. The molecule has 0 amide bonds. The molecule has 3 heterocycles. The van der Waals surface area contributed by atoms with Gasteiger partial charge in [-0.3, -0.25) is 4.68 Å². The average Bonchev–Trinajstić information content (AvgIpc) is 3.12. The van der Waals surface area contributed by atoms with E-state index in [0.717, 1.165) is 22.7 Å². The molecule has 3 aromatic heterocycles. The highest BCUT2D eigenvalue weighted by atomic mass is 16.5. The van der Waals surface area contributed by atoms with Gasteiger partial charge in [-0.1, -0.05) is 5.16 Å². The molecule has 3 rings (SSSR count). The zero-order chi connectivity index (χ0) is 14.1. The van der Waals surface area contributed by atoms with Gasteiger partial charge in [-0.25, -0.2) is 0 Å². The van der Waals surface area contributed by atoms with E-state index in [1.165, 1.54) is 0 Å². The van der Waals surface area contributed by atoms with Gasteiger partial charge in [-0.2, -0.15) is 10.1 Å². The first-order valence-corrected chi connectivity index (χ1v) is 6.13. The molecule has 0 saturated heterocycles. The molecule has 0 aliphatic rings. The molecule has 0 fully saturated rings. The van der Waals surface area contributed by atoms with Crippen molar-refractivity contribution in [1.29, 1.82) is 0 Å². The number of aryl methyl sites for hydroxylation is 2. The molecule has 0 bridgehead atoms. The second-order valence-corrected chi connectivity index (χ2v) is 4.44. The van der Waals surface area contributed by atoms with Gasteiger partial charge >= 0.3 is 0 Å². The Kier molecular flexibility index (Phi) is 3.02. The number of furan rings is 1. The Morgan fingerprint density at radius 1 is 1.35 bits per heavy atom. The van der Waals surface area contributed by atoms with Gasteiger partial charge in [0.25, 0.3) is 5.89 Å². The molecular weight excluding hydrogens is 260 g/mol. The topological polar surface area (TPSA) is 79.1 Å². The van der Waals surface area contributed by atoms with E-state index in [4.69, 9.17) is 13.7 Å². The first-order valence-electron chi connectivity index (χ1n) is 6.13. The Morgan fingerprint density at radius 2 is 2.20 bits per heavy atom. The summed E-state index contributed by atoms with van der Waals surface area (Å²) >= 11 is 0. The lowest BCUT2D eigenvalue weighted by molar-refractivity contribution is 0.240. The number of nitrogens with zero attached hydrogens (tertiary/aromatic N) is 4. The average molecular weight is 274 g/mol. The van der Waals surface area contributed by atoms with Crippen LogP contribution in [0.5, 0.6) is 5.75 Å². The minimum Gasteiger partial charge on any atom is -0.480 e. The third-order valence-electron chi connectivity index (χ3n) is 3.03. The summed E-state index contributed by atoms with van der Waals surface area (Å²) in [7, 11) is 1.87. The highest BCUT2D eigenvalue weighted by Gasteiger charge is 2.14. The van der Waals surface area contributed by atoms with Gasteiger partial charge in [0.2, 0.25) is 5.82 Å². The molecule has 0 N–H and O–H groups in total. The van der Waals surface area contributed by atoms with Crippen molar-refractivity contribution in [2.24, 2.45) is 7.05 Å². The lowest BCUT2D eigenvalue weighted by Crippen LogP contribution is -1.98. The number of hydrogen-bond acceptors (Lipinski definition) is 6. The summed E-state index contributed by atoms with van der Waals surface area (Å²) < 4.78 is 17.6. The maximum absolute atomic E-state index is 5.70. The summed E-state index contributed by atoms with van der Waals surface area (Å²) in [6.07, 6.45) is 3.12. The summed E-state index contributed by atoms with van der Waals surface area (Å²) in [5.74, 6) is 1.64. The zero-order valence-corrected chi connectivity index (χ0v) is 11.5. The fourth-order valence-corrected chi connectivity index (χ4v) is 1.92. The highest BCUT2D eigenvalue weighted by molar-refractivity contribution is 5.51. The van der Waals surface area contributed by atoms with Crippen molar-refractivity contribution in [2.75, 3.05) is 0 Å². The Balaban J connectivity index is 1.73. The highest BCUT2D eigenvalue weighted by Crippen LogP contribution is 2.23. The molecule has 0 atom stereocenters. The van der Waals surface area contributed by atoms with Crippen LogP contribution in [0.2, 0.25) is 0 Å². The monoisotopic (exact) mass is 274 g/mol. The summed E-state index contributed by atoms with van der Waals surface area (Å²) in [5, 5.41) is 8.16. The number of rotatable bonds is 4. The van der Waals surface area contributed by atoms with Crippen molar-refractivity contribution in [3.63, 3.8) is 0 Å². The second-order valence-electron chi connectivity index (χ2n) is 4.44. The van der Waals surface area contributed by atoms with Crippen molar-refractivity contribution in [3.8, 4) is 17.1 Å². The molecule has 0 radical (unpaired) electrons. The smallest absolute Gasteiger partial charge is 0.264 e. The van der Waals surface area contributed by atoms with Crippen LogP contribution >= 0.6 is 0 Å². The minimum absolute atomic E-state index is 0.207. The summed E-state index contributed by atoms with van der Waals surface area (Å²) in [6.45, 7) is 4.05. The molecule has 0 aromatic carbocycles. The SMILES string of the molecule is Cc1nn(C)c(C)c1OCc1nc(-c2ccoc2)no1. The first kappa shape index (κ1) is 12.5. The van der Waals surface area contributed by atoms with E-state index in [1.54, 1.807) is 23.3 Å². The lowest BCUT2D eigenvalue weighted by atomic mass is 10.3. The molecule has 0 aliphatic carbocycles. The molecule has 7 nitrogen and oxygen atoms in total. The Hall–Kier alpha value is -2.57. The number of hydrogen-bond donors (Lipinski definition) is 0. The fraction of sp³-hybridized carbons (Fsp3) is 0.308. The van der Waals surface area contributed by atoms with Gasteiger partial charge in [0, 0.05) is 7.05 Å². The second kappa shape index (κ2) is 4.84. The van der Waals surface area contributed by atoms with Gasteiger partial charge in [0.1, 0.15) is 12.0 Å². The number of ether oxygens (including phenoxy) is 1. The Morgan fingerprint density at radius 3 is 2.85 bits per heavy atom. The van der Waals surface area contributed by atoms with E-state index in [2.05, 4.69) is 15.2 Å². The van der Waals surface area contributed by atoms with Crippen LogP contribution in [-0.4, -0.2) is 19.9 Å². The normalized spacial score (nSPS) is 10.9.